The Balaban J connectivity index is 2.22. The molecule has 1 aliphatic heterocycles. The van der Waals surface area contributed by atoms with Crippen LogP contribution in [0.1, 0.15) is 23.2 Å². The van der Waals surface area contributed by atoms with Crippen LogP contribution >= 0.6 is 27.5 Å². The van der Waals surface area contributed by atoms with Gasteiger partial charge in [-0.2, -0.15) is 0 Å². The van der Waals surface area contributed by atoms with Crippen molar-refractivity contribution in [2.24, 2.45) is 0 Å². The number of benzene rings is 1. The molecule has 5 heteroatoms. The molecule has 0 spiro atoms. The van der Waals surface area contributed by atoms with Crippen molar-refractivity contribution in [2.75, 3.05) is 20.2 Å². The van der Waals surface area contributed by atoms with Gasteiger partial charge in [-0.05, 0) is 31.0 Å². The zero-order valence-electron chi connectivity index (χ0n) is 10.2. The van der Waals surface area contributed by atoms with E-state index in [-0.39, 0.29) is 5.91 Å². The molecule has 0 aliphatic carbocycles. The van der Waals surface area contributed by atoms with Gasteiger partial charge in [0.2, 0.25) is 0 Å². The standard InChI is InChI=1S/C13H15BrClNO2/c1-18-12-7-10(15)4-5-11(12)13(17)16-6-2-3-9(14)8-16/h4-5,7,9H,2-3,6,8H2,1H3. The van der Waals surface area contributed by atoms with Gasteiger partial charge in [-0.3, -0.25) is 4.79 Å². The van der Waals surface area contributed by atoms with Crippen LogP contribution in [-0.4, -0.2) is 35.8 Å². The Morgan fingerprint density at radius 1 is 1.56 bits per heavy atom. The van der Waals surface area contributed by atoms with E-state index in [1.165, 1.54) is 0 Å². The number of hydrogen-bond donors (Lipinski definition) is 0. The molecule has 2 rings (SSSR count). The lowest BCUT2D eigenvalue weighted by Gasteiger charge is -2.30. The summed E-state index contributed by atoms with van der Waals surface area (Å²) in [5.74, 6) is 0.539. The van der Waals surface area contributed by atoms with E-state index in [0.717, 1.165) is 25.9 Å². The van der Waals surface area contributed by atoms with Gasteiger partial charge in [0.15, 0.2) is 0 Å². The zero-order valence-corrected chi connectivity index (χ0v) is 12.5. The molecule has 1 unspecified atom stereocenters. The first kappa shape index (κ1) is 13.7. The Morgan fingerprint density at radius 2 is 2.33 bits per heavy atom. The molecule has 18 heavy (non-hydrogen) atoms. The van der Waals surface area contributed by atoms with Crippen LogP contribution in [0.4, 0.5) is 0 Å². The lowest BCUT2D eigenvalue weighted by atomic mass is 10.1. The van der Waals surface area contributed by atoms with Crippen molar-refractivity contribution in [1.29, 1.82) is 0 Å². The molecule has 1 heterocycles. The monoisotopic (exact) mass is 331 g/mol. The van der Waals surface area contributed by atoms with Gasteiger partial charge in [0.1, 0.15) is 5.75 Å². The van der Waals surface area contributed by atoms with Crippen molar-refractivity contribution in [2.45, 2.75) is 17.7 Å². The Bertz CT molecular complexity index is 453. The topological polar surface area (TPSA) is 29.5 Å². The summed E-state index contributed by atoms with van der Waals surface area (Å²) in [6.07, 6.45) is 2.14. The van der Waals surface area contributed by atoms with Crippen molar-refractivity contribution in [3.63, 3.8) is 0 Å². The number of methoxy groups -OCH3 is 1. The molecule has 1 saturated heterocycles. The molecule has 0 N–H and O–H groups in total. The highest BCUT2D eigenvalue weighted by Crippen LogP contribution is 2.26. The highest BCUT2D eigenvalue weighted by molar-refractivity contribution is 9.09. The Hall–Kier alpha value is -0.740. The van der Waals surface area contributed by atoms with Gasteiger partial charge < -0.3 is 9.64 Å². The number of amides is 1. The van der Waals surface area contributed by atoms with Gasteiger partial charge in [0.05, 0.1) is 12.7 Å². The van der Waals surface area contributed by atoms with Crippen LogP contribution in [0.25, 0.3) is 0 Å². The number of carbonyl (C=O) groups excluding carboxylic acids is 1. The third kappa shape index (κ3) is 2.98. The van der Waals surface area contributed by atoms with Gasteiger partial charge in [-0.15, -0.1) is 0 Å². The van der Waals surface area contributed by atoms with Crippen LogP contribution < -0.4 is 4.74 Å². The van der Waals surface area contributed by atoms with Crippen molar-refractivity contribution in [3.05, 3.63) is 28.8 Å². The molecule has 0 radical (unpaired) electrons. The van der Waals surface area contributed by atoms with Crippen LogP contribution in [0.15, 0.2) is 18.2 Å². The highest BCUT2D eigenvalue weighted by Gasteiger charge is 2.24. The van der Waals surface area contributed by atoms with E-state index in [1.54, 1.807) is 25.3 Å². The number of carbonyl (C=O) groups is 1. The highest BCUT2D eigenvalue weighted by atomic mass is 79.9. The molecule has 1 fully saturated rings. The predicted molar refractivity (Wildman–Crippen MR) is 75.9 cm³/mol. The number of alkyl halides is 1. The van der Waals surface area contributed by atoms with Gasteiger partial charge >= 0.3 is 0 Å². The first-order valence-electron chi connectivity index (χ1n) is 5.88. The Labute approximate surface area is 120 Å². The fourth-order valence-electron chi connectivity index (χ4n) is 2.12. The fourth-order valence-corrected chi connectivity index (χ4v) is 2.96. The summed E-state index contributed by atoms with van der Waals surface area (Å²) in [6.45, 7) is 1.54. The second-order valence-electron chi connectivity index (χ2n) is 4.34. The van der Waals surface area contributed by atoms with Gasteiger partial charge in [0.25, 0.3) is 5.91 Å². The maximum atomic E-state index is 12.4. The molecule has 1 aromatic carbocycles. The van der Waals surface area contributed by atoms with Crippen molar-refractivity contribution >= 4 is 33.4 Å². The van der Waals surface area contributed by atoms with Crippen LogP contribution in [0.3, 0.4) is 0 Å². The normalized spacial score (nSPS) is 19.7. The third-order valence-electron chi connectivity index (χ3n) is 3.05. The summed E-state index contributed by atoms with van der Waals surface area (Å²) in [6, 6.07) is 5.11. The van der Waals surface area contributed by atoms with E-state index in [9.17, 15) is 4.79 Å². The number of hydrogen-bond acceptors (Lipinski definition) is 2. The van der Waals surface area contributed by atoms with Crippen molar-refractivity contribution in [3.8, 4) is 5.75 Å². The van der Waals surface area contributed by atoms with E-state index in [1.807, 2.05) is 4.90 Å². The molecular weight excluding hydrogens is 318 g/mol. The lowest BCUT2D eigenvalue weighted by molar-refractivity contribution is 0.0726. The average molecular weight is 333 g/mol. The SMILES string of the molecule is COc1cc(Cl)ccc1C(=O)N1CCCC(Br)C1. The Kier molecular flexibility index (Phi) is 4.51. The molecule has 1 aromatic rings. The smallest absolute Gasteiger partial charge is 0.257 e. The number of nitrogens with zero attached hydrogens (tertiary/aromatic N) is 1. The molecule has 0 aromatic heterocycles. The maximum Gasteiger partial charge on any atom is 0.257 e. The summed E-state index contributed by atoms with van der Waals surface area (Å²) < 4.78 is 5.22. The summed E-state index contributed by atoms with van der Waals surface area (Å²) in [5, 5.41) is 0.570. The Morgan fingerprint density at radius 3 is 3.00 bits per heavy atom. The van der Waals surface area contributed by atoms with Crippen LogP contribution in [-0.2, 0) is 0 Å². The molecule has 1 atom stereocenters. The maximum absolute atomic E-state index is 12.4. The van der Waals surface area contributed by atoms with E-state index in [4.69, 9.17) is 16.3 Å². The predicted octanol–water partition coefficient (Wildman–Crippen LogP) is 3.35. The van der Waals surface area contributed by atoms with Crippen LogP contribution in [0, 0.1) is 0 Å². The quantitative estimate of drug-likeness (QED) is 0.777. The number of ether oxygens (including phenoxy) is 1. The van der Waals surface area contributed by atoms with E-state index in [2.05, 4.69) is 15.9 Å². The fraction of sp³-hybridized carbons (Fsp3) is 0.462. The zero-order chi connectivity index (χ0) is 13.1. The molecule has 1 amide bonds. The largest absolute Gasteiger partial charge is 0.496 e. The lowest BCUT2D eigenvalue weighted by Crippen LogP contribution is -2.40. The molecule has 98 valence electrons. The van der Waals surface area contributed by atoms with Crippen LogP contribution in [0.5, 0.6) is 5.75 Å². The number of piperidine rings is 1. The van der Waals surface area contributed by atoms with Gasteiger partial charge in [-0.1, -0.05) is 27.5 Å². The number of rotatable bonds is 2. The van der Waals surface area contributed by atoms with Gasteiger partial charge in [-0.25, -0.2) is 0 Å². The van der Waals surface area contributed by atoms with Crippen LogP contribution in [0.2, 0.25) is 5.02 Å². The molecular formula is C13H15BrClNO2. The minimum atomic E-state index is 0.00710. The third-order valence-corrected chi connectivity index (χ3v) is 4.03. The van der Waals surface area contributed by atoms with Crippen molar-refractivity contribution < 1.29 is 9.53 Å². The second-order valence-corrected chi connectivity index (χ2v) is 6.07. The minimum Gasteiger partial charge on any atom is -0.496 e. The van der Waals surface area contributed by atoms with Gasteiger partial charge in [0, 0.05) is 22.9 Å². The van der Waals surface area contributed by atoms with E-state index < -0.39 is 0 Å². The average Bonchev–Trinajstić information content (AvgIpc) is 2.37. The summed E-state index contributed by atoms with van der Waals surface area (Å²) in [5.41, 5.74) is 0.573. The van der Waals surface area contributed by atoms with Crippen molar-refractivity contribution in [1.82, 2.24) is 4.90 Å². The molecule has 0 bridgehead atoms. The first-order chi connectivity index (χ1) is 8.61. The molecule has 3 nitrogen and oxygen atoms in total. The second kappa shape index (κ2) is 5.93. The number of likely N-dealkylation sites (tertiary alicyclic amines) is 1. The van der Waals surface area contributed by atoms with E-state index in [0.29, 0.717) is 21.2 Å². The number of halogens is 2. The molecule has 0 saturated carbocycles. The summed E-state index contributed by atoms with van der Waals surface area (Å²) >= 11 is 9.47. The summed E-state index contributed by atoms with van der Waals surface area (Å²) in [4.78, 5) is 14.7. The van der Waals surface area contributed by atoms with E-state index >= 15 is 0 Å². The molecule has 1 aliphatic rings. The minimum absolute atomic E-state index is 0.00710. The first-order valence-corrected chi connectivity index (χ1v) is 7.18. The summed E-state index contributed by atoms with van der Waals surface area (Å²) in [7, 11) is 1.55.